The van der Waals surface area contributed by atoms with Gasteiger partial charge in [0.15, 0.2) is 0 Å². The molecule has 4 nitrogen and oxygen atoms in total. The molecule has 6 heteroatoms. The normalized spacial score (nSPS) is 15.4. The quantitative estimate of drug-likeness (QED) is 0.590. The largest absolute Gasteiger partial charge is 0.489 e. The standard InChI is InChI=1S/C20H14FNO3S/c1-2-10-22-19(23)18(26-20(22)24)12-15-4-3-5-17(11-15)25-13-14-6-8-16(21)9-7-14/h1,3-9,11-12H,10,13H2/b18-12+. The van der Waals surface area contributed by atoms with E-state index in [-0.39, 0.29) is 17.6 Å². The van der Waals surface area contributed by atoms with E-state index in [1.165, 1.54) is 12.1 Å². The fraction of sp³-hybridized carbons (Fsp3) is 0.100. The van der Waals surface area contributed by atoms with Gasteiger partial charge in [0.05, 0.1) is 11.4 Å². The number of benzene rings is 2. The molecule has 0 aliphatic carbocycles. The van der Waals surface area contributed by atoms with Gasteiger partial charge in [-0.25, -0.2) is 4.39 Å². The van der Waals surface area contributed by atoms with Crippen molar-refractivity contribution in [2.45, 2.75) is 6.61 Å². The Kier molecular flexibility index (Phi) is 5.40. The molecule has 2 aromatic rings. The van der Waals surface area contributed by atoms with Crippen molar-refractivity contribution in [1.82, 2.24) is 4.90 Å². The number of rotatable bonds is 5. The number of halogens is 1. The molecule has 0 N–H and O–H groups in total. The van der Waals surface area contributed by atoms with Crippen molar-refractivity contribution in [3.8, 4) is 18.1 Å². The van der Waals surface area contributed by atoms with E-state index in [4.69, 9.17) is 11.2 Å². The first-order valence-corrected chi connectivity index (χ1v) is 8.54. The first kappa shape index (κ1) is 17.8. The van der Waals surface area contributed by atoms with Crippen LogP contribution in [0.5, 0.6) is 5.75 Å². The van der Waals surface area contributed by atoms with Crippen LogP contribution in [0.4, 0.5) is 9.18 Å². The summed E-state index contributed by atoms with van der Waals surface area (Å²) < 4.78 is 18.6. The number of hydrogen-bond acceptors (Lipinski definition) is 4. The summed E-state index contributed by atoms with van der Waals surface area (Å²) in [5.74, 6) is 2.21. The van der Waals surface area contributed by atoms with E-state index in [0.29, 0.717) is 17.3 Å². The number of amides is 2. The van der Waals surface area contributed by atoms with Crippen molar-refractivity contribution in [2.75, 3.05) is 6.54 Å². The predicted octanol–water partition coefficient (Wildman–Crippen LogP) is 4.07. The Bertz CT molecular complexity index is 915. The molecule has 1 fully saturated rings. The second-order valence-corrected chi connectivity index (χ2v) is 6.45. The maximum atomic E-state index is 12.9. The summed E-state index contributed by atoms with van der Waals surface area (Å²) in [6, 6.07) is 13.2. The van der Waals surface area contributed by atoms with Gasteiger partial charge in [-0.15, -0.1) is 6.42 Å². The zero-order valence-electron chi connectivity index (χ0n) is 13.6. The highest BCUT2D eigenvalue weighted by molar-refractivity contribution is 8.18. The van der Waals surface area contributed by atoms with Crippen LogP contribution in [0, 0.1) is 18.2 Å². The molecule has 1 aliphatic rings. The second-order valence-electron chi connectivity index (χ2n) is 5.46. The number of terminal acetylenes is 1. The van der Waals surface area contributed by atoms with Crippen LogP contribution in [-0.4, -0.2) is 22.6 Å². The molecule has 0 aromatic heterocycles. The van der Waals surface area contributed by atoms with Crippen molar-refractivity contribution in [1.29, 1.82) is 0 Å². The van der Waals surface area contributed by atoms with Crippen molar-refractivity contribution in [3.05, 3.63) is 70.4 Å². The van der Waals surface area contributed by atoms with Gasteiger partial charge in [-0.1, -0.05) is 30.2 Å². The van der Waals surface area contributed by atoms with Crippen LogP contribution in [-0.2, 0) is 11.4 Å². The summed E-state index contributed by atoms with van der Waals surface area (Å²) in [5, 5.41) is -0.372. The molecule has 1 aliphatic heterocycles. The van der Waals surface area contributed by atoms with Crippen molar-refractivity contribution in [3.63, 3.8) is 0 Å². The van der Waals surface area contributed by atoms with Gasteiger partial charge in [0.1, 0.15) is 18.2 Å². The molecule has 0 bridgehead atoms. The van der Waals surface area contributed by atoms with Crippen LogP contribution in [0.25, 0.3) is 6.08 Å². The van der Waals surface area contributed by atoms with Crippen molar-refractivity contribution in [2.24, 2.45) is 0 Å². The van der Waals surface area contributed by atoms with Crippen LogP contribution in [0.1, 0.15) is 11.1 Å². The zero-order chi connectivity index (χ0) is 18.5. The van der Waals surface area contributed by atoms with Gasteiger partial charge in [0.2, 0.25) is 0 Å². The van der Waals surface area contributed by atoms with Crippen LogP contribution >= 0.6 is 11.8 Å². The Labute approximate surface area is 154 Å². The zero-order valence-corrected chi connectivity index (χ0v) is 14.5. The summed E-state index contributed by atoms with van der Waals surface area (Å²) in [4.78, 5) is 25.4. The third-order valence-corrected chi connectivity index (χ3v) is 4.50. The average molecular weight is 367 g/mol. The molecule has 1 heterocycles. The van der Waals surface area contributed by atoms with E-state index in [1.807, 2.05) is 0 Å². The number of imide groups is 1. The van der Waals surface area contributed by atoms with E-state index in [9.17, 15) is 14.0 Å². The SMILES string of the molecule is C#CCN1C(=O)S/C(=C/c2cccc(OCc3ccc(F)cc3)c2)C1=O. The lowest BCUT2D eigenvalue weighted by Crippen LogP contribution is -2.28. The highest BCUT2D eigenvalue weighted by atomic mass is 32.2. The van der Waals surface area contributed by atoms with E-state index < -0.39 is 5.91 Å². The summed E-state index contributed by atoms with van der Waals surface area (Å²) >= 11 is 0.861. The van der Waals surface area contributed by atoms with Crippen LogP contribution in [0.2, 0.25) is 0 Å². The molecular formula is C20H14FNO3S. The fourth-order valence-corrected chi connectivity index (χ4v) is 3.16. The highest BCUT2D eigenvalue weighted by Crippen LogP contribution is 2.32. The Morgan fingerprint density at radius 2 is 1.96 bits per heavy atom. The smallest absolute Gasteiger partial charge is 0.294 e. The lowest BCUT2D eigenvalue weighted by atomic mass is 10.2. The molecule has 2 aromatic carbocycles. The Balaban J connectivity index is 1.71. The van der Waals surface area contributed by atoms with Gasteiger partial charge in [0.25, 0.3) is 11.1 Å². The first-order chi connectivity index (χ1) is 12.6. The number of hydrogen-bond donors (Lipinski definition) is 0. The van der Waals surface area contributed by atoms with Crippen molar-refractivity contribution >= 4 is 29.0 Å². The number of nitrogens with zero attached hydrogens (tertiary/aromatic N) is 1. The van der Waals surface area contributed by atoms with Gasteiger partial charge >= 0.3 is 0 Å². The maximum absolute atomic E-state index is 12.9. The number of ether oxygens (including phenoxy) is 1. The third kappa shape index (κ3) is 4.13. The Morgan fingerprint density at radius 3 is 2.69 bits per heavy atom. The third-order valence-electron chi connectivity index (χ3n) is 3.60. The topological polar surface area (TPSA) is 46.6 Å². The first-order valence-electron chi connectivity index (χ1n) is 7.73. The molecule has 3 rings (SSSR count). The molecule has 26 heavy (non-hydrogen) atoms. The van der Waals surface area contributed by atoms with E-state index in [1.54, 1.807) is 42.5 Å². The summed E-state index contributed by atoms with van der Waals surface area (Å²) in [7, 11) is 0. The molecule has 0 unspecified atom stereocenters. The lowest BCUT2D eigenvalue weighted by molar-refractivity contribution is -0.122. The molecule has 0 saturated carbocycles. The minimum Gasteiger partial charge on any atom is -0.489 e. The molecule has 2 amide bonds. The van der Waals surface area contributed by atoms with E-state index in [0.717, 1.165) is 27.8 Å². The molecule has 130 valence electrons. The minimum atomic E-state index is -0.393. The Hall–Kier alpha value is -3.04. The second kappa shape index (κ2) is 7.89. The van der Waals surface area contributed by atoms with Gasteiger partial charge in [0, 0.05) is 0 Å². The molecule has 1 saturated heterocycles. The average Bonchev–Trinajstić information content (AvgIpc) is 2.89. The number of carbonyl (C=O) groups is 2. The van der Waals surface area contributed by atoms with Gasteiger partial charge < -0.3 is 4.74 Å². The highest BCUT2D eigenvalue weighted by Gasteiger charge is 2.34. The monoisotopic (exact) mass is 367 g/mol. The molecule has 0 atom stereocenters. The van der Waals surface area contributed by atoms with Gasteiger partial charge in [-0.3, -0.25) is 14.5 Å². The van der Waals surface area contributed by atoms with Crippen LogP contribution < -0.4 is 4.74 Å². The summed E-state index contributed by atoms with van der Waals surface area (Å²) in [5.41, 5.74) is 1.57. The minimum absolute atomic E-state index is 0.0389. The maximum Gasteiger partial charge on any atom is 0.294 e. The van der Waals surface area contributed by atoms with Gasteiger partial charge in [-0.05, 0) is 53.2 Å². The summed E-state index contributed by atoms with van der Waals surface area (Å²) in [6.07, 6.45) is 6.81. The molecule has 0 spiro atoms. The van der Waals surface area contributed by atoms with E-state index in [2.05, 4.69) is 5.92 Å². The summed E-state index contributed by atoms with van der Waals surface area (Å²) in [6.45, 7) is 0.255. The van der Waals surface area contributed by atoms with Gasteiger partial charge in [-0.2, -0.15) is 0 Å². The van der Waals surface area contributed by atoms with Crippen LogP contribution in [0.15, 0.2) is 53.4 Å². The van der Waals surface area contributed by atoms with E-state index >= 15 is 0 Å². The number of thioether (sulfide) groups is 1. The van der Waals surface area contributed by atoms with Crippen LogP contribution in [0.3, 0.4) is 0 Å². The molecular weight excluding hydrogens is 353 g/mol. The fourth-order valence-electron chi connectivity index (χ4n) is 2.32. The molecule has 0 radical (unpaired) electrons. The van der Waals surface area contributed by atoms with Crippen molar-refractivity contribution < 1.29 is 18.7 Å². The lowest BCUT2D eigenvalue weighted by Gasteiger charge is -2.08. The predicted molar refractivity (Wildman–Crippen MR) is 98.7 cm³/mol. The number of carbonyl (C=O) groups excluding carboxylic acids is 2. The Morgan fingerprint density at radius 1 is 1.19 bits per heavy atom.